The third-order valence-corrected chi connectivity index (χ3v) is 2.28. The van der Waals surface area contributed by atoms with Crippen molar-refractivity contribution in [1.29, 1.82) is 0 Å². The second-order valence-electron chi connectivity index (χ2n) is 3.72. The number of aliphatic carboxylic acids is 1. The minimum Gasteiger partial charge on any atom is -0.480 e. The molecule has 0 unspecified atom stereocenters. The highest BCUT2D eigenvalue weighted by Crippen LogP contribution is 2.14. The number of halogens is 1. The number of ether oxygens (including phenoxy) is 1. The van der Waals surface area contributed by atoms with Crippen molar-refractivity contribution in [3.05, 3.63) is 34.3 Å². The summed E-state index contributed by atoms with van der Waals surface area (Å²) in [5, 5.41) is 11.4. The van der Waals surface area contributed by atoms with Crippen LogP contribution in [0.2, 0.25) is 5.02 Å². The van der Waals surface area contributed by atoms with E-state index in [9.17, 15) is 9.59 Å². The second kappa shape index (κ2) is 6.98. The van der Waals surface area contributed by atoms with Crippen LogP contribution in [0.15, 0.2) is 18.2 Å². The van der Waals surface area contributed by atoms with Gasteiger partial charge in [0.05, 0.1) is 6.61 Å². The van der Waals surface area contributed by atoms with E-state index in [4.69, 9.17) is 21.4 Å². The lowest BCUT2D eigenvalue weighted by molar-refractivity contribution is -0.142. The minimum atomic E-state index is -1.04. The number of aryl methyl sites for hydroxylation is 1. The molecule has 0 aromatic heterocycles. The first kappa shape index (κ1) is 14.5. The Bertz CT molecular complexity index is 427. The number of hydrogen-bond acceptors (Lipinski definition) is 3. The number of hydrogen-bond donors (Lipinski definition) is 2. The molecule has 0 saturated carbocycles. The number of rotatable bonds is 6. The highest BCUT2D eigenvalue weighted by Gasteiger charge is 2.06. The van der Waals surface area contributed by atoms with E-state index in [0.717, 1.165) is 5.56 Å². The summed E-state index contributed by atoms with van der Waals surface area (Å²) in [6.45, 7) is 1.88. The van der Waals surface area contributed by atoms with Gasteiger partial charge in [-0.05, 0) is 30.7 Å². The Kier molecular flexibility index (Phi) is 5.61. The SMILES string of the molecule is Cc1cc(Cl)cc(C(=O)NCCOCC(=O)O)c1. The van der Waals surface area contributed by atoms with Crippen LogP contribution < -0.4 is 5.32 Å². The zero-order valence-electron chi connectivity index (χ0n) is 9.90. The van der Waals surface area contributed by atoms with Gasteiger partial charge in [0.1, 0.15) is 6.61 Å². The van der Waals surface area contributed by atoms with Crippen LogP contribution in [0.1, 0.15) is 15.9 Å². The molecule has 1 aromatic carbocycles. The molecule has 0 bridgehead atoms. The molecule has 0 aliphatic heterocycles. The summed E-state index contributed by atoms with van der Waals surface area (Å²) < 4.78 is 4.79. The summed E-state index contributed by atoms with van der Waals surface area (Å²) in [6.07, 6.45) is 0. The van der Waals surface area contributed by atoms with Gasteiger partial charge >= 0.3 is 5.97 Å². The molecule has 1 aromatic rings. The lowest BCUT2D eigenvalue weighted by Gasteiger charge is -2.06. The highest BCUT2D eigenvalue weighted by atomic mass is 35.5. The summed E-state index contributed by atoms with van der Waals surface area (Å²) in [4.78, 5) is 21.9. The molecule has 6 heteroatoms. The Balaban J connectivity index is 2.38. The molecule has 5 nitrogen and oxygen atoms in total. The van der Waals surface area contributed by atoms with E-state index < -0.39 is 5.97 Å². The standard InChI is InChI=1S/C12H14ClNO4/c1-8-4-9(6-10(13)5-8)12(17)14-2-3-18-7-11(15)16/h4-6H,2-3,7H2,1H3,(H,14,17)(H,15,16). The molecule has 1 amide bonds. The van der Waals surface area contributed by atoms with E-state index in [1.54, 1.807) is 18.2 Å². The van der Waals surface area contributed by atoms with Gasteiger partial charge in [-0.15, -0.1) is 0 Å². The Hall–Kier alpha value is -1.59. The normalized spacial score (nSPS) is 10.1. The number of nitrogens with one attached hydrogen (secondary N) is 1. The molecule has 0 aliphatic carbocycles. The Morgan fingerprint density at radius 2 is 2.11 bits per heavy atom. The fourth-order valence-corrected chi connectivity index (χ4v) is 1.66. The van der Waals surface area contributed by atoms with Gasteiger partial charge in [-0.1, -0.05) is 11.6 Å². The molecule has 0 heterocycles. The predicted octanol–water partition coefficient (Wildman–Crippen LogP) is 1.48. The molecule has 1 rings (SSSR count). The Labute approximate surface area is 110 Å². The summed E-state index contributed by atoms with van der Waals surface area (Å²) in [6, 6.07) is 5.05. The predicted molar refractivity (Wildman–Crippen MR) is 67.0 cm³/mol. The van der Waals surface area contributed by atoms with Crippen molar-refractivity contribution in [2.24, 2.45) is 0 Å². The van der Waals surface area contributed by atoms with Crippen molar-refractivity contribution in [2.75, 3.05) is 19.8 Å². The van der Waals surface area contributed by atoms with Gasteiger partial charge in [0.2, 0.25) is 0 Å². The maximum atomic E-state index is 11.7. The molecule has 0 radical (unpaired) electrons. The number of carboxylic acid groups (broad SMARTS) is 1. The van der Waals surface area contributed by atoms with E-state index in [2.05, 4.69) is 5.32 Å². The third-order valence-electron chi connectivity index (χ3n) is 2.06. The van der Waals surface area contributed by atoms with Crippen LogP contribution >= 0.6 is 11.6 Å². The van der Waals surface area contributed by atoms with E-state index in [1.807, 2.05) is 6.92 Å². The van der Waals surface area contributed by atoms with E-state index in [1.165, 1.54) is 0 Å². The zero-order valence-corrected chi connectivity index (χ0v) is 10.7. The van der Waals surface area contributed by atoms with Crippen LogP contribution in [0.4, 0.5) is 0 Å². The second-order valence-corrected chi connectivity index (χ2v) is 4.16. The van der Waals surface area contributed by atoms with Crippen LogP contribution in [0, 0.1) is 6.92 Å². The van der Waals surface area contributed by atoms with Gasteiger partial charge in [0.15, 0.2) is 0 Å². The van der Waals surface area contributed by atoms with Crippen molar-refractivity contribution >= 4 is 23.5 Å². The maximum Gasteiger partial charge on any atom is 0.329 e. The third kappa shape index (κ3) is 5.16. The molecule has 0 saturated heterocycles. The molecular formula is C12H14ClNO4. The smallest absolute Gasteiger partial charge is 0.329 e. The number of amides is 1. The summed E-state index contributed by atoms with van der Waals surface area (Å²) in [5.74, 6) is -1.30. The van der Waals surface area contributed by atoms with Crippen LogP contribution in [-0.2, 0) is 9.53 Å². The van der Waals surface area contributed by atoms with Crippen molar-refractivity contribution < 1.29 is 19.4 Å². The monoisotopic (exact) mass is 271 g/mol. The molecule has 0 atom stereocenters. The average Bonchev–Trinajstić information content (AvgIpc) is 2.26. The van der Waals surface area contributed by atoms with E-state index in [0.29, 0.717) is 10.6 Å². The fourth-order valence-electron chi connectivity index (χ4n) is 1.37. The topological polar surface area (TPSA) is 75.6 Å². The Morgan fingerprint density at radius 1 is 1.39 bits per heavy atom. The molecule has 0 spiro atoms. The fraction of sp³-hybridized carbons (Fsp3) is 0.333. The van der Waals surface area contributed by atoms with Gasteiger partial charge in [-0.25, -0.2) is 4.79 Å². The lowest BCUT2D eigenvalue weighted by Crippen LogP contribution is -2.28. The summed E-state index contributed by atoms with van der Waals surface area (Å²) in [7, 11) is 0. The number of carbonyl (C=O) groups is 2. The first-order valence-corrected chi connectivity index (χ1v) is 5.72. The van der Waals surface area contributed by atoms with Gasteiger partial charge < -0.3 is 15.2 Å². The number of carbonyl (C=O) groups excluding carboxylic acids is 1. The van der Waals surface area contributed by atoms with Crippen molar-refractivity contribution in [2.45, 2.75) is 6.92 Å². The number of benzene rings is 1. The zero-order chi connectivity index (χ0) is 13.5. The minimum absolute atomic E-state index is 0.150. The average molecular weight is 272 g/mol. The lowest BCUT2D eigenvalue weighted by atomic mass is 10.1. The van der Waals surface area contributed by atoms with Gasteiger partial charge in [-0.3, -0.25) is 4.79 Å². The quantitative estimate of drug-likeness (QED) is 0.769. The van der Waals surface area contributed by atoms with Crippen LogP contribution in [-0.4, -0.2) is 36.7 Å². The van der Waals surface area contributed by atoms with Gasteiger partial charge in [0.25, 0.3) is 5.91 Å². The van der Waals surface area contributed by atoms with E-state index >= 15 is 0 Å². The molecular weight excluding hydrogens is 258 g/mol. The van der Waals surface area contributed by atoms with Gasteiger partial charge in [-0.2, -0.15) is 0 Å². The molecule has 18 heavy (non-hydrogen) atoms. The Morgan fingerprint density at radius 3 is 2.72 bits per heavy atom. The van der Waals surface area contributed by atoms with Gasteiger partial charge in [0, 0.05) is 17.1 Å². The first-order valence-electron chi connectivity index (χ1n) is 5.34. The number of carboxylic acids is 1. The summed E-state index contributed by atoms with van der Waals surface area (Å²) >= 11 is 5.84. The van der Waals surface area contributed by atoms with Crippen molar-refractivity contribution in [1.82, 2.24) is 5.32 Å². The van der Waals surface area contributed by atoms with Crippen molar-refractivity contribution in [3.8, 4) is 0 Å². The largest absolute Gasteiger partial charge is 0.480 e. The van der Waals surface area contributed by atoms with Crippen LogP contribution in [0.5, 0.6) is 0 Å². The molecule has 0 aliphatic rings. The van der Waals surface area contributed by atoms with Crippen LogP contribution in [0.3, 0.4) is 0 Å². The summed E-state index contributed by atoms with van der Waals surface area (Å²) in [5.41, 5.74) is 1.37. The maximum absolute atomic E-state index is 11.7. The van der Waals surface area contributed by atoms with E-state index in [-0.39, 0.29) is 25.7 Å². The molecule has 98 valence electrons. The molecule has 0 fully saturated rings. The van der Waals surface area contributed by atoms with Crippen molar-refractivity contribution in [3.63, 3.8) is 0 Å². The van der Waals surface area contributed by atoms with Crippen LogP contribution in [0.25, 0.3) is 0 Å². The highest BCUT2D eigenvalue weighted by molar-refractivity contribution is 6.31. The molecule has 2 N–H and O–H groups in total. The first-order chi connectivity index (χ1) is 8.49.